The molecular formula is C13H18N4O. The Morgan fingerprint density at radius 3 is 3.11 bits per heavy atom. The second-order valence-corrected chi connectivity index (χ2v) is 5.10. The van der Waals surface area contributed by atoms with Crippen molar-refractivity contribution in [2.75, 3.05) is 11.9 Å². The predicted molar refractivity (Wildman–Crippen MR) is 70.3 cm³/mol. The summed E-state index contributed by atoms with van der Waals surface area (Å²) >= 11 is 0. The van der Waals surface area contributed by atoms with Crippen LogP contribution < -0.4 is 5.32 Å². The quantitative estimate of drug-likeness (QED) is 0.862. The lowest BCUT2D eigenvalue weighted by Crippen LogP contribution is -2.13. The second kappa shape index (κ2) is 4.57. The van der Waals surface area contributed by atoms with Crippen molar-refractivity contribution >= 4 is 16.9 Å². The number of aromatic nitrogens is 3. The van der Waals surface area contributed by atoms with E-state index in [0.29, 0.717) is 5.92 Å². The van der Waals surface area contributed by atoms with Gasteiger partial charge in [0, 0.05) is 19.8 Å². The highest BCUT2D eigenvalue weighted by Gasteiger charge is 2.22. The van der Waals surface area contributed by atoms with Crippen molar-refractivity contribution in [1.29, 1.82) is 0 Å². The molecule has 18 heavy (non-hydrogen) atoms. The van der Waals surface area contributed by atoms with E-state index in [1.807, 2.05) is 17.7 Å². The number of anilines is 1. The third-order valence-corrected chi connectivity index (χ3v) is 3.71. The minimum absolute atomic E-state index is 0.115. The molecule has 0 bridgehead atoms. The van der Waals surface area contributed by atoms with Gasteiger partial charge in [-0.05, 0) is 31.2 Å². The summed E-state index contributed by atoms with van der Waals surface area (Å²) in [5.74, 6) is 1.38. The number of aliphatic hydroxyl groups excluding tert-OH is 1. The summed E-state index contributed by atoms with van der Waals surface area (Å²) in [6.45, 7) is 0.861. The Morgan fingerprint density at radius 2 is 2.33 bits per heavy atom. The number of rotatable bonds is 3. The molecule has 0 radical (unpaired) electrons. The molecule has 0 aliphatic heterocycles. The van der Waals surface area contributed by atoms with Crippen LogP contribution in [0.3, 0.4) is 0 Å². The Labute approximate surface area is 106 Å². The first-order valence-electron chi connectivity index (χ1n) is 6.42. The molecule has 0 spiro atoms. The molecule has 3 rings (SSSR count). The molecule has 0 aromatic carbocycles. The van der Waals surface area contributed by atoms with Crippen molar-refractivity contribution in [2.45, 2.75) is 25.4 Å². The Kier molecular flexibility index (Phi) is 2.91. The van der Waals surface area contributed by atoms with Gasteiger partial charge < -0.3 is 15.0 Å². The van der Waals surface area contributed by atoms with E-state index in [4.69, 9.17) is 0 Å². The topological polar surface area (TPSA) is 63.0 Å². The van der Waals surface area contributed by atoms with E-state index in [1.54, 1.807) is 12.5 Å². The van der Waals surface area contributed by atoms with Crippen molar-refractivity contribution in [3.63, 3.8) is 0 Å². The lowest BCUT2D eigenvalue weighted by molar-refractivity contribution is 0.178. The number of nitrogens with zero attached hydrogens (tertiary/aromatic N) is 3. The molecule has 1 aliphatic carbocycles. The van der Waals surface area contributed by atoms with Gasteiger partial charge in [0.25, 0.3) is 0 Å². The van der Waals surface area contributed by atoms with Crippen LogP contribution in [0.25, 0.3) is 11.0 Å². The molecule has 2 N–H and O–H groups in total. The maximum Gasteiger partial charge on any atom is 0.154 e. The van der Waals surface area contributed by atoms with Crippen molar-refractivity contribution in [3.8, 4) is 0 Å². The molecule has 2 heterocycles. The number of aryl methyl sites for hydroxylation is 1. The molecule has 5 heteroatoms. The summed E-state index contributed by atoms with van der Waals surface area (Å²) < 4.78 is 1.99. The van der Waals surface area contributed by atoms with Gasteiger partial charge in [0.15, 0.2) is 5.82 Å². The summed E-state index contributed by atoms with van der Waals surface area (Å²) in [5.41, 5.74) is 2.00. The molecule has 2 unspecified atom stereocenters. The normalized spacial score (nSPS) is 23.7. The fourth-order valence-corrected chi connectivity index (χ4v) is 2.67. The van der Waals surface area contributed by atoms with Gasteiger partial charge in [-0.25, -0.2) is 9.97 Å². The standard InChI is InChI=1S/C13H18N4O/c1-17-8-16-12-11(17)4-5-14-13(12)15-7-9-2-3-10(18)6-9/h4-5,8-10,18H,2-3,6-7H2,1H3,(H,14,15). The first-order valence-corrected chi connectivity index (χ1v) is 6.42. The summed E-state index contributed by atoms with van der Waals surface area (Å²) in [6.07, 6.45) is 6.40. The molecule has 0 saturated heterocycles. The van der Waals surface area contributed by atoms with Gasteiger partial charge in [0.05, 0.1) is 17.9 Å². The largest absolute Gasteiger partial charge is 0.393 e. The first-order chi connectivity index (χ1) is 8.74. The van der Waals surface area contributed by atoms with E-state index in [-0.39, 0.29) is 6.10 Å². The SMILES string of the molecule is Cn1cnc2c(NCC3CCC(O)C3)nccc21. The average Bonchev–Trinajstić information content (AvgIpc) is 2.94. The Bertz CT molecular complexity index is 551. The smallest absolute Gasteiger partial charge is 0.154 e. The Hall–Kier alpha value is -1.62. The van der Waals surface area contributed by atoms with Crippen LogP contribution >= 0.6 is 0 Å². The van der Waals surface area contributed by atoms with Crippen molar-refractivity contribution in [2.24, 2.45) is 13.0 Å². The van der Waals surface area contributed by atoms with Gasteiger partial charge in [-0.3, -0.25) is 0 Å². The number of aliphatic hydroxyl groups is 1. The van der Waals surface area contributed by atoms with Gasteiger partial charge in [0.2, 0.25) is 0 Å². The monoisotopic (exact) mass is 246 g/mol. The molecule has 2 aromatic heterocycles. The van der Waals surface area contributed by atoms with E-state index in [2.05, 4.69) is 15.3 Å². The van der Waals surface area contributed by atoms with E-state index in [1.165, 1.54) is 0 Å². The van der Waals surface area contributed by atoms with Crippen LogP contribution in [-0.4, -0.2) is 32.3 Å². The number of fused-ring (bicyclic) bond motifs is 1. The van der Waals surface area contributed by atoms with E-state index in [0.717, 1.165) is 42.7 Å². The van der Waals surface area contributed by atoms with Gasteiger partial charge in [0.1, 0.15) is 5.52 Å². The minimum Gasteiger partial charge on any atom is -0.393 e. The zero-order valence-corrected chi connectivity index (χ0v) is 10.5. The van der Waals surface area contributed by atoms with Crippen LogP contribution in [0.15, 0.2) is 18.6 Å². The van der Waals surface area contributed by atoms with Gasteiger partial charge in [-0.15, -0.1) is 0 Å². The third kappa shape index (κ3) is 2.06. The fourth-order valence-electron chi connectivity index (χ4n) is 2.67. The third-order valence-electron chi connectivity index (χ3n) is 3.71. The molecule has 0 amide bonds. The molecule has 2 atom stereocenters. The summed E-state index contributed by atoms with van der Waals surface area (Å²) in [4.78, 5) is 8.72. The highest BCUT2D eigenvalue weighted by Crippen LogP contribution is 2.26. The number of pyridine rings is 1. The maximum absolute atomic E-state index is 9.51. The molecule has 1 aliphatic rings. The van der Waals surface area contributed by atoms with Crippen LogP contribution in [0.5, 0.6) is 0 Å². The van der Waals surface area contributed by atoms with E-state index in [9.17, 15) is 5.11 Å². The molecule has 1 saturated carbocycles. The summed E-state index contributed by atoms with van der Waals surface area (Å²) in [6, 6.07) is 1.97. The highest BCUT2D eigenvalue weighted by atomic mass is 16.3. The fraction of sp³-hybridized carbons (Fsp3) is 0.538. The van der Waals surface area contributed by atoms with Crippen LogP contribution in [0, 0.1) is 5.92 Å². The minimum atomic E-state index is -0.115. The van der Waals surface area contributed by atoms with E-state index < -0.39 is 0 Å². The number of hydrogen-bond acceptors (Lipinski definition) is 4. The average molecular weight is 246 g/mol. The first kappa shape index (κ1) is 11.5. The van der Waals surface area contributed by atoms with Crippen molar-refractivity contribution in [3.05, 3.63) is 18.6 Å². The van der Waals surface area contributed by atoms with Crippen LogP contribution in [0.4, 0.5) is 5.82 Å². The van der Waals surface area contributed by atoms with Crippen LogP contribution in [-0.2, 0) is 7.05 Å². The summed E-state index contributed by atoms with van der Waals surface area (Å²) in [5, 5.41) is 12.9. The maximum atomic E-state index is 9.51. The summed E-state index contributed by atoms with van der Waals surface area (Å²) in [7, 11) is 1.98. The molecule has 5 nitrogen and oxygen atoms in total. The lowest BCUT2D eigenvalue weighted by Gasteiger charge is -2.11. The van der Waals surface area contributed by atoms with Crippen molar-refractivity contribution < 1.29 is 5.11 Å². The highest BCUT2D eigenvalue weighted by molar-refractivity contribution is 5.85. The number of nitrogens with one attached hydrogen (secondary N) is 1. The number of hydrogen-bond donors (Lipinski definition) is 2. The van der Waals surface area contributed by atoms with Gasteiger partial charge in [-0.2, -0.15) is 0 Å². The predicted octanol–water partition coefficient (Wildman–Crippen LogP) is 1.54. The van der Waals surface area contributed by atoms with Gasteiger partial charge >= 0.3 is 0 Å². The molecule has 1 fully saturated rings. The van der Waals surface area contributed by atoms with Gasteiger partial charge in [-0.1, -0.05) is 0 Å². The van der Waals surface area contributed by atoms with E-state index >= 15 is 0 Å². The Balaban J connectivity index is 1.74. The lowest BCUT2D eigenvalue weighted by atomic mass is 10.1. The van der Waals surface area contributed by atoms with Crippen LogP contribution in [0.2, 0.25) is 0 Å². The molecule has 2 aromatic rings. The molecule has 96 valence electrons. The zero-order chi connectivity index (χ0) is 12.5. The number of imidazole rings is 1. The van der Waals surface area contributed by atoms with Crippen LogP contribution in [0.1, 0.15) is 19.3 Å². The Morgan fingerprint density at radius 1 is 1.44 bits per heavy atom. The zero-order valence-electron chi connectivity index (χ0n) is 10.5. The second-order valence-electron chi connectivity index (χ2n) is 5.10. The van der Waals surface area contributed by atoms with Crippen molar-refractivity contribution in [1.82, 2.24) is 14.5 Å². The molecular weight excluding hydrogens is 228 g/mol.